The number of rotatable bonds is 3. The summed E-state index contributed by atoms with van der Waals surface area (Å²) in [4.78, 5) is 18.5. The zero-order chi connectivity index (χ0) is 6.41. The van der Waals surface area contributed by atoms with Gasteiger partial charge in [0, 0.05) is 6.92 Å². The fourth-order valence-electron chi connectivity index (χ4n) is 0.208. The van der Waals surface area contributed by atoms with Crippen LogP contribution in [-0.2, 0) is 14.6 Å². The molecule has 0 aromatic carbocycles. The molecular weight excluding hydrogens is 108 g/mol. The predicted octanol–water partition coefficient (Wildman–Crippen LogP) is 0.891. The SMILES string of the molecule is CCCOOC(C)=O. The molecule has 3 nitrogen and oxygen atoms in total. The lowest BCUT2D eigenvalue weighted by atomic mass is 10.5. The predicted molar refractivity (Wildman–Crippen MR) is 28.0 cm³/mol. The maximum absolute atomic E-state index is 9.97. The molecule has 0 N–H and O–H groups in total. The van der Waals surface area contributed by atoms with Crippen molar-refractivity contribution in [2.24, 2.45) is 0 Å². The molecule has 0 rings (SSSR count). The molecule has 0 atom stereocenters. The highest BCUT2D eigenvalue weighted by atomic mass is 17.2. The van der Waals surface area contributed by atoms with E-state index in [1.165, 1.54) is 6.92 Å². The summed E-state index contributed by atoms with van der Waals surface area (Å²) in [6.07, 6.45) is 0.854. The van der Waals surface area contributed by atoms with Crippen LogP contribution in [0.15, 0.2) is 0 Å². The Labute approximate surface area is 48.5 Å². The Bertz CT molecular complexity index is 70.1. The summed E-state index contributed by atoms with van der Waals surface area (Å²) in [6, 6.07) is 0. The van der Waals surface area contributed by atoms with Crippen LogP contribution in [0.4, 0.5) is 0 Å². The Kier molecular flexibility index (Phi) is 4.26. The van der Waals surface area contributed by atoms with Gasteiger partial charge in [-0.15, -0.1) is 0 Å². The van der Waals surface area contributed by atoms with Gasteiger partial charge >= 0.3 is 5.97 Å². The third-order valence-electron chi connectivity index (χ3n) is 0.464. The van der Waals surface area contributed by atoms with Crippen LogP contribution in [0.2, 0.25) is 0 Å². The standard InChI is InChI=1S/C5H10O3/c1-3-4-7-8-5(2)6/h3-4H2,1-2H3. The van der Waals surface area contributed by atoms with E-state index in [-0.39, 0.29) is 0 Å². The second-order valence-corrected chi connectivity index (χ2v) is 1.40. The van der Waals surface area contributed by atoms with Crippen LogP contribution in [0.25, 0.3) is 0 Å². The molecule has 48 valence electrons. The van der Waals surface area contributed by atoms with Crippen LogP contribution in [-0.4, -0.2) is 12.6 Å². The smallest absolute Gasteiger partial charge is 0.299 e. The summed E-state index contributed by atoms with van der Waals surface area (Å²) in [7, 11) is 0. The van der Waals surface area contributed by atoms with Crippen molar-refractivity contribution in [1.29, 1.82) is 0 Å². The average Bonchev–Trinajstić information content (AvgIpc) is 1.66. The van der Waals surface area contributed by atoms with Crippen LogP contribution >= 0.6 is 0 Å². The van der Waals surface area contributed by atoms with Crippen LogP contribution in [0.3, 0.4) is 0 Å². The first-order valence-electron chi connectivity index (χ1n) is 2.57. The highest BCUT2D eigenvalue weighted by Crippen LogP contribution is 1.81. The van der Waals surface area contributed by atoms with E-state index in [1.54, 1.807) is 0 Å². The van der Waals surface area contributed by atoms with E-state index in [0.717, 1.165) is 6.42 Å². The van der Waals surface area contributed by atoms with Crippen molar-refractivity contribution in [3.05, 3.63) is 0 Å². The lowest BCUT2D eigenvalue weighted by Gasteiger charge is -1.95. The van der Waals surface area contributed by atoms with Crippen molar-refractivity contribution in [3.8, 4) is 0 Å². The minimum atomic E-state index is -0.404. The lowest BCUT2D eigenvalue weighted by molar-refractivity contribution is -0.270. The minimum Gasteiger partial charge on any atom is -0.299 e. The summed E-state index contributed by atoms with van der Waals surface area (Å²) in [5.41, 5.74) is 0. The molecule has 0 saturated heterocycles. The zero-order valence-electron chi connectivity index (χ0n) is 5.14. The van der Waals surface area contributed by atoms with Crippen LogP contribution in [0, 0.1) is 0 Å². The molecule has 8 heavy (non-hydrogen) atoms. The van der Waals surface area contributed by atoms with Gasteiger partial charge in [0.25, 0.3) is 0 Å². The van der Waals surface area contributed by atoms with E-state index in [9.17, 15) is 4.79 Å². The average molecular weight is 118 g/mol. The monoisotopic (exact) mass is 118 g/mol. The summed E-state index contributed by atoms with van der Waals surface area (Å²) in [6.45, 7) is 3.71. The van der Waals surface area contributed by atoms with Gasteiger partial charge in [-0.25, -0.2) is 4.79 Å². The maximum Gasteiger partial charge on any atom is 0.339 e. The Morgan fingerprint density at radius 1 is 1.62 bits per heavy atom. The molecule has 0 spiro atoms. The van der Waals surface area contributed by atoms with E-state index in [4.69, 9.17) is 0 Å². The van der Waals surface area contributed by atoms with Crippen molar-refractivity contribution in [3.63, 3.8) is 0 Å². The van der Waals surface area contributed by atoms with Crippen LogP contribution < -0.4 is 0 Å². The largest absolute Gasteiger partial charge is 0.339 e. The molecule has 0 heterocycles. The van der Waals surface area contributed by atoms with Gasteiger partial charge in [-0.1, -0.05) is 6.92 Å². The van der Waals surface area contributed by atoms with Crippen molar-refractivity contribution >= 4 is 5.97 Å². The van der Waals surface area contributed by atoms with Crippen molar-refractivity contribution in [1.82, 2.24) is 0 Å². The molecule has 0 fully saturated rings. The highest BCUT2D eigenvalue weighted by molar-refractivity contribution is 5.65. The Morgan fingerprint density at radius 3 is 2.62 bits per heavy atom. The lowest BCUT2D eigenvalue weighted by Crippen LogP contribution is -2.00. The van der Waals surface area contributed by atoms with Crippen molar-refractivity contribution in [2.45, 2.75) is 20.3 Å². The van der Waals surface area contributed by atoms with E-state index < -0.39 is 5.97 Å². The second-order valence-electron chi connectivity index (χ2n) is 1.40. The first-order chi connectivity index (χ1) is 3.77. The molecule has 0 aliphatic heterocycles. The first kappa shape index (κ1) is 7.43. The summed E-state index contributed by atoms with van der Waals surface area (Å²) in [5.74, 6) is -0.404. The highest BCUT2D eigenvalue weighted by Gasteiger charge is 1.89. The number of carbonyl (C=O) groups excluding carboxylic acids is 1. The molecular formula is C5H10O3. The third-order valence-corrected chi connectivity index (χ3v) is 0.464. The normalized spacial score (nSPS) is 8.75. The van der Waals surface area contributed by atoms with Gasteiger partial charge in [0.2, 0.25) is 0 Å². The fourth-order valence-corrected chi connectivity index (χ4v) is 0.208. The molecule has 0 aromatic rings. The molecule has 0 aromatic heterocycles. The summed E-state index contributed by atoms with van der Waals surface area (Å²) in [5, 5.41) is 0. The van der Waals surface area contributed by atoms with E-state index in [0.29, 0.717) is 6.61 Å². The van der Waals surface area contributed by atoms with Gasteiger partial charge in [0.1, 0.15) is 0 Å². The van der Waals surface area contributed by atoms with Gasteiger partial charge in [-0.2, -0.15) is 4.89 Å². The van der Waals surface area contributed by atoms with Gasteiger partial charge in [-0.05, 0) is 6.42 Å². The van der Waals surface area contributed by atoms with E-state index >= 15 is 0 Å². The van der Waals surface area contributed by atoms with Crippen LogP contribution in [0.5, 0.6) is 0 Å². The fraction of sp³-hybridized carbons (Fsp3) is 0.800. The van der Waals surface area contributed by atoms with Crippen LogP contribution in [0.1, 0.15) is 20.3 Å². The molecule has 0 aliphatic rings. The van der Waals surface area contributed by atoms with Gasteiger partial charge in [0.15, 0.2) is 0 Å². The zero-order valence-corrected chi connectivity index (χ0v) is 5.14. The second kappa shape index (κ2) is 4.59. The van der Waals surface area contributed by atoms with E-state index in [1.807, 2.05) is 6.92 Å². The summed E-state index contributed by atoms with van der Waals surface area (Å²) >= 11 is 0. The van der Waals surface area contributed by atoms with E-state index in [2.05, 4.69) is 9.78 Å². The third kappa shape index (κ3) is 5.43. The summed E-state index contributed by atoms with van der Waals surface area (Å²) < 4.78 is 0. The number of carbonyl (C=O) groups is 1. The molecule has 0 radical (unpaired) electrons. The molecule has 0 unspecified atom stereocenters. The Hall–Kier alpha value is -0.570. The first-order valence-corrected chi connectivity index (χ1v) is 2.57. The van der Waals surface area contributed by atoms with Crippen molar-refractivity contribution < 1.29 is 14.6 Å². The molecule has 0 amide bonds. The van der Waals surface area contributed by atoms with Gasteiger partial charge < -0.3 is 0 Å². The maximum atomic E-state index is 9.97. The van der Waals surface area contributed by atoms with Gasteiger partial charge in [-0.3, -0.25) is 4.89 Å². The Balaban J connectivity index is 2.82. The number of hydrogen-bond acceptors (Lipinski definition) is 3. The molecule has 0 aliphatic carbocycles. The van der Waals surface area contributed by atoms with Gasteiger partial charge in [0.05, 0.1) is 6.61 Å². The number of hydrogen-bond donors (Lipinski definition) is 0. The molecule has 3 heteroatoms. The quantitative estimate of drug-likeness (QED) is 0.313. The minimum absolute atomic E-state index is 0.404. The Morgan fingerprint density at radius 2 is 2.25 bits per heavy atom. The van der Waals surface area contributed by atoms with Crippen molar-refractivity contribution in [2.75, 3.05) is 6.61 Å². The molecule has 0 saturated carbocycles. The molecule has 0 bridgehead atoms. The topological polar surface area (TPSA) is 35.5 Å².